The molecule has 1 unspecified atom stereocenters. The lowest BCUT2D eigenvalue weighted by atomic mass is 10.0. The van der Waals surface area contributed by atoms with Crippen molar-refractivity contribution in [2.45, 2.75) is 66.0 Å². The molecule has 3 nitrogen and oxygen atoms in total. The average Bonchev–Trinajstić information content (AvgIpc) is 2.45. The Labute approximate surface area is 141 Å². The monoisotopic (exact) mass is 325 g/mol. The van der Waals surface area contributed by atoms with Gasteiger partial charge in [0, 0.05) is 12.2 Å². The van der Waals surface area contributed by atoms with Crippen molar-refractivity contribution in [1.29, 1.82) is 0 Å². The molecule has 0 radical (unpaired) electrons. The highest BCUT2D eigenvalue weighted by Gasteiger charge is 2.18. The molecule has 0 aromatic rings. The maximum Gasteiger partial charge on any atom is 0.324 e. The number of thiol groups is 1. The molecule has 2 atom stereocenters. The molecule has 0 amide bonds. The van der Waals surface area contributed by atoms with E-state index in [-0.39, 0.29) is 11.9 Å². The molecule has 0 saturated heterocycles. The van der Waals surface area contributed by atoms with E-state index in [0.717, 1.165) is 12.8 Å². The number of allylic oxidation sites excluding steroid dienone is 4. The van der Waals surface area contributed by atoms with E-state index in [1.54, 1.807) is 0 Å². The summed E-state index contributed by atoms with van der Waals surface area (Å²) in [6.07, 6.45) is 8.69. The van der Waals surface area contributed by atoms with Gasteiger partial charge in [-0.2, -0.15) is 12.6 Å². The molecule has 0 aliphatic carbocycles. The molecule has 0 fully saturated rings. The van der Waals surface area contributed by atoms with Crippen molar-refractivity contribution < 1.29 is 9.53 Å². The third-order valence-electron chi connectivity index (χ3n) is 3.34. The lowest BCUT2D eigenvalue weighted by Crippen LogP contribution is -2.36. The molecular formula is C18H31NO2S. The van der Waals surface area contributed by atoms with Gasteiger partial charge >= 0.3 is 5.97 Å². The van der Waals surface area contributed by atoms with Crippen LogP contribution < -0.4 is 5.73 Å². The van der Waals surface area contributed by atoms with Gasteiger partial charge < -0.3 is 10.5 Å². The highest BCUT2D eigenvalue weighted by molar-refractivity contribution is 7.80. The largest absolute Gasteiger partial charge is 0.457 e. The molecule has 0 aliphatic rings. The maximum atomic E-state index is 11.9. The third-order valence-corrected chi connectivity index (χ3v) is 3.74. The van der Waals surface area contributed by atoms with Gasteiger partial charge in [-0.1, -0.05) is 28.9 Å². The Morgan fingerprint density at radius 1 is 1.23 bits per heavy atom. The Morgan fingerprint density at radius 3 is 2.36 bits per heavy atom. The van der Waals surface area contributed by atoms with Crippen molar-refractivity contribution in [3.63, 3.8) is 0 Å². The van der Waals surface area contributed by atoms with Gasteiger partial charge in [0.2, 0.25) is 0 Å². The lowest BCUT2D eigenvalue weighted by molar-refractivity contribution is -0.147. The average molecular weight is 326 g/mol. The highest BCUT2D eigenvalue weighted by atomic mass is 32.1. The molecule has 126 valence electrons. The van der Waals surface area contributed by atoms with Crippen LogP contribution in [0.5, 0.6) is 0 Å². The normalized spacial score (nSPS) is 15.2. The van der Waals surface area contributed by atoms with Crippen LogP contribution in [-0.4, -0.2) is 23.9 Å². The van der Waals surface area contributed by atoms with Gasteiger partial charge in [-0.3, -0.25) is 4.79 Å². The summed E-state index contributed by atoms with van der Waals surface area (Å²) < 4.78 is 5.53. The number of hydrogen-bond acceptors (Lipinski definition) is 4. The minimum absolute atomic E-state index is 0.263. The van der Waals surface area contributed by atoms with Gasteiger partial charge in [0.25, 0.3) is 0 Å². The Balaban J connectivity index is 4.84. The lowest BCUT2D eigenvalue weighted by Gasteiger charge is -2.18. The number of hydrogen-bond donors (Lipinski definition) is 2. The first-order valence-corrected chi connectivity index (χ1v) is 8.42. The Hall–Kier alpha value is -1.000. The van der Waals surface area contributed by atoms with Crippen molar-refractivity contribution in [3.8, 4) is 0 Å². The van der Waals surface area contributed by atoms with E-state index in [9.17, 15) is 4.79 Å². The molecular weight excluding hydrogens is 294 g/mol. The van der Waals surface area contributed by atoms with Crippen molar-refractivity contribution in [1.82, 2.24) is 0 Å². The molecule has 0 heterocycles. The zero-order valence-corrected chi connectivity index (χ0v) is 15.5. The number of nitrogens with two attached hydrogens (primary N) is 1. The molecule has 0 rings (SSSR count). The van der Waals surface area contributed by atoms with Crippen LogP contribution in [0.4, 0.5) is 0 Å². The van der Waals surface area contributed by atoms with Gasteiger partial charge in [0.05, 0.1) is 0 Å². The molecule has 4 heteroatoms. The number of rotatable bonds is 9. The molecule has 0 aliphatic heterocycles. The molecule has 22 heavy (non-hydrogen) atoms. The summed E-state index contributed by atoms with van der Waals surface area (Å²) in [5.41, 5.74) is 9.40. The summed E-state index contributed by atoms with van der Waals surface area (Å²) in [5, 5.41) is 0. The summed E-state index contributed by atoms with van der Waals surface area (Å²) in [6.45, 7) is 10.3. The van der Waals surface area contributed by atoms with Crippen LogP contribution in [-0.2, 0) is 9.53 Å². The highest BCUT2D eigenvalue weighted by Crippen LogP contribution is 2.15. The first-order chi connectivity index (χ1) is 10.3. The van der Waals surface area contributed by atoms with E-state index >= 15 is 0 Å². The van der Waals surface area contributed by atoms with Gasteiger partial charge in [-0.15, -0.1) is 0 Å². The van der Waals surface area contributed by atoms with E-state index < -0.39 is 12.0 Å². The number of carbonyl (C=O) groups excluding carboxylic acids is 1. The molecule has 0 aromatic heterocycles. The zero-order valence-electron chi connectivity index (χ0n) is 14.6. The van der Waals surface area contributed by atoms with Crippen LogP contribution in [0.3, 0.4) is 0 Å². The van der Waals surface area contributed by atoms with Gasteiger partial charge in [-0.25, -0.2) is 0 Å². The fourth-order valence-corrected chi connectivity index (χ4v) is 2.02. The summed E-state index contributed by atoms with van der Waals surface area (Å²) in [6, 6.07) is -0.670. The Bertz CT molecular complexity index is 434. The smallest absolute Gasteiger partial charge is 0.324 e. The first kappa shape index (κ1) is 21.0. The minimum atomic E-state index is -0.670. The van der Waals surface area contributed by atoms with Crippen LogP contribution in [0.25, 0.3) is 0 Å². The Kier molecular flexibility index (Phi) is 11.0. The number of ether oxygens (including phenoxy) is 1. The second-order valence-corrected chi connectivity index (χ2v) is 6.30. The topological polar surface area (TPSA) is 52.3 Å². The molecule has 0 bridgehead atoms. The summed E-state index contributed by atoms with van der Waals surface area (Å²) >= 11 is 4.04. The Morgan fingerprint density at radius 2 is 1.86 bits per heavy atom. The van der Waals surface area contributed by atoms with Crippen molar-refractivity contribution in [2.75, 3.05) is 5.75 Å². The van der Waals surface area contributed by atoms with Gasteiger partial charge in [0.1, 0.15) is 12.1 Å². The maximum absolute atomic E-state index is 11.9. The van der Waals surface area contributed by atoms with Crippen molar-refractivity contribution in [2.24, 2.45) is 5.73 Å². The predicted octanol–water partition coefficient (Wildman–Crippen LogP) is 4.20. The van der Waals surface area contributed by atoms with Crippen LogP contribution in [0.15, 0.2) is 34.9 Å². The van der Waals surface area contributed by atoms with Crippen LogP contribution in [0, 0.1) is 0 Å². The SMILES string of the molecule is CC=C(C)CC(C=C(C)CCC=C(C)C)OC(=O)[C@@H](N)CS. The third kappa shape index (κ3) is 9.85. The summed E-state index contributed by atoms with van der Waals surface area (Å²) in [5.74, 6) is -0.102. The van der Waals surface area contributed by atoms with Crippen LogP contribution in [0.1, 0.15) is 53.9 Å². The van der Waals surface area contributed by atoms with E-state index in [0.29, 0.717) is 6.42 Å². The molecule has 0 spiro atoms. The molecule has 0 aromatic carbocycles. The minimum Gasteiger partial charge on any atom is -0.457 e. The van der Waals surface area contributed by atoms with Gasteiger partial charge in [0.15, 0.2) is 0 Å². The number of esters is 1. The summed E-state index contributed by atoms with van der Waals surface area (Å²) in [7, 11) is 0. The quantitative estimate of drug-likeness (QED) is 0.379. The van der Waals surface area contributed by atoms with E-state index in [4.69, 9.17) is 10.5 Å². The standard InChI is InChI=1S/C18H31NO2S/c1-6-14(4)10-16(21-18(20)17(19)12-22)11-15(5)9-7-8-13(2)3/h6,8,11,16-17,22H,7,9-10,12,19H2,1-5H3/t16?,17-/m0/s1. The number of carbonyl (C=O) groups is 1. The second-order valence-electron chi connectivity index (χ2n) is 5.94. The fourth-order valence-electron chi connectivity index (χ4n) is 1.87. The predicted molar refractivity (Wildman–Crippen MR) is 98.2 cm³/mol. The van der Waals surface area contributed by atoms with E-state index in [1.165, 1.54) is 16.7 Å². The fraction of sp³-hybridized carbons (Fsp3) is 0.611. The van der Waals surface area contributed by atoms with E-state index in [1.807, 2.05) is 26.0 Å². The summed E-state index contributed by atoms with van der Waals surface area (Å²) in [4.78, 5) is 11.9. The molecule has 0 saturated carbocycles. The zero-order chi connectivity index (χ0) is 17.1. The van der Waals surface area contributed by atoms with Crippen LogP contribution in [0.2, 0.25) is 0 Å². The second kappa shape index (κ2) is 11.6. The van der Waals surface area contributed by atoms with Crippen LogP contribution >= 0.6 is 12.6 Å². The van der Waals surface area contributed by atoms with Crippen molar-refractivity contribution >= 4 is 18.6 Å². The molecule has 2 N–H and O–H groups in total. The van der Waals surface area contributed by atoms with Gasteiger partial charge in [-0.05, 0) is 53.5 Å². The first-order valence-electron chi connectivity index (χ1n) is 7.79. The van der Waals surface area contributed by atoms with Crippen molar-refractivity contribution in [3.05, 3.63) is 34.9 Å². The van der Waals surface area contributed by atoms with E-state index in [2.05, 4.69) is 39.5 Å².